The minimum absolute atomic E-state index is 0.346. The summed E-state index contributed by atoms with van der Waals surface area (Å²) in [5.41, 5.74) is 6.41. The molecular formula is C36H29FN4O3. The third-order valence-electron chi connectivity index (χ3n) is 7.78. The maximum atomic E-state index is 14.2. The first-order valence-corrected chi connectivity index (χ1v) is 14.2. The van der Waals surface area contributed by atoms with Gasteiger partial charge in [0.1, 0.15) is 34.6 Å². The minimum atomic E-state index is -0.346. The molecule has 3 aromatic heterocycles. The van der Waals surface area contributed by atoms with Crippen molar-refractivity contribution in [3.8, 4) is 45.6 Å². The summed E-state index contributed by atoms with van der Waals surface area (Å²) >= 11 is 0. The topological polar surface area (TPSA) is 63.3 Å². The molecule has 7 rings (SSSR count). The quantitative estimate of drug-likeness (QED) is 0.188. The zero-order valence-electron chi connectivity index (χ0n) is 24.7. The fourth-order valence-corrected chi connectivity index (χ4v) is 5.94. The van der Waals surface area contributed by atoms with Gasteiger partial charge >= 0.3 is 0 Å². The number of pyridine rings is 1. The van der Waals surface area contributed by atoms with E-state index in [4.69, 9.17) is 14.2 Å². The Bertz CT molecular complexity index is 2150. The van der Waals surface area contributed by atoms with E-state index in [1.807, 2.05) is 85.3 Å². The highest BCUT2D eigenvalue weighted by molar-refractivity contribution is 6.09. The highest BCUT2D eigenvalue weighted by Crippen LogP contribution is 2.43. The Hall–Kier alpha value is -5.63. The van der Waals surface area contributed by atoms with Crippen LogP contribution < -0.4 is 14.2 Å². The van der Waals surface area contributed by atoms with Crippen molar-refractivity contribution in [2.75, 3.05) is 14.2 Å². The number of methoxy groups -OCH3 is 2. The first-order chi connectivity index (χ1) is 21.4. The van der Waals surface area contributed by atoms with Crippen LogP contribution in [-0.2, 0) is 0 Å². The van der Waals surface area contributed by atoms with E-state index < -0.39 is 0 Å². The van der Waals surface area contributed by atoms with Crippen LogP contribution in [0.15, 0.2) is 104 Å². The third-order valence-corrected chi connectivity index (χ3v) is 7.78. The van der Waals surface area contributed by atoms with Gasteiger partial charge in [-0.2, -0.15) is 5.10 Å². The molecule has 218 valence electrons. The molecule has 44 heavy (non-hydrogen) atoms. The molecule has 3 heterocycles. The molecule has 0 N–H and O–H groups in total. The van der Waals surface area contributed by atoms with Gasteiger partial charge in [-0.3, -0.25) is 4.57 Å². The van der Waals surface area contributed by atoms with E-state index in [9.17, 15) is 4.39 Å². The summed E-state index contributed by atoms with van der Waals surface area (Å²) in [5, 5.41) is 6.72. The second kappa shape index (κ2) is 10.9. The number of aryl methyl sites for hydroxylation is 2. The molecule has 8 heteroatoms. The molecule has 0 unspecified atom stereocenters. The Labute approximate surface area is 253 Å². The van der Waals surface area contributed by atoms with Gasteiger partial charge in [0.2, 0.25) is 0 Å². The van der Waals surface area contributed by atoms with E-state index in [2.05, 4.69) is 22.2 Å². The fourth-order valence-electron chi connectivity index (χ4n) is 5.94. The molecule has 0 spiro atoms. The Morgan fingerprint density at radius 1 is 0.727 bits per heavy atom. The Kier molecular flexibility index (Phi) is 6.74. The minimum Gasteiger partial charge on any atom is -0.496 e. The van der Waals surface area contributed by atoms with Crippen LogP contribution in [0.3, 0.4) is 0 Å². The van der Waals surface area contributed by atoms with Crippen molar-refractivity contribution in [1.82, 2.24) is 19.3 Å². The molecule has 0 aliphatic rings. The van der Waals surface area contributed by atoms with Crippen LogP contribution >= 0.6 is 0 Å². The van der Waals surface area contributed by atoms with Gasteiger partial charge in [-0.05, 0) is 67.4 Å². The second-order valence-corrected chi connectivity index (χ2v) is 10.6. The van der Waals surface area contributed by atoms with Crippen molar-refractivity contribution >= 4 is 21.8 Å². The van der Waals surface area contributed by atoms with Gasteiger partial charge in [0.05, 0.1) is 42.7 Å². The van der Waals surface area contributed by atoms with E-state index in [0.29, 0.717) is 17.3 Å². The molecule has 0 aliphatic carbocycles. The van der Waals surface area contributed by atoms with Crippen LogP contribution in [0.1, 0.15) is 11.1 Å². The predicted molar refractivity (Wildman–Crippen MR) is 170 cm³/mol. The summed E-state index contributed by atoms with van der Waals surface area (Å²) in [5.74, 6) is 2.95. The lowest BCUT2D eigenvalue weighted by Gasteiger charge is -2.16. The molecule has 0 fully saturated rings. The maximum absolute atomic E-state index is 14.2. The molecule has 7 nitrogen and oxygen atoms in total. The van der Waals surface area contributed by atoms with Crippen molar-refractivity contribution in [2.45, 2.75) is 13.8 Å². The average Bonchev–Trinajstić information content (AvgIpc) is 3.64. The molecule has 0 aliphatic heterocycles. The Morgan fingerprint density at radius 2 is 1.48 bits per heavy atom. The molecular weight excluding hydrogens is 555 g/mol. The van der Waals surface area contributed by atoms with E-state index in [1.54, 1.807) is 25.1 Å². The summed E-state index contributed by atoms with van der Waals surface area (Å²) in [6.45, 7) is 4.04. The van der Waals surface area contributed by atoms with Crippen molar-refractivity contribution in [3.63, 3.8) is 0 Å². The second-order valence-electron chi connectivity index (χ2n) is 10.6. The van der Waals surface area contributed by atoms with E-state index >= 15 is 0 Å². The number of halogens is 1. The van der Waals surface area contributed by atoms with Gasteiger partial charge in [-0.25, -0.2) is 14.1 Å². The first kappa shape index (κ1) is 27.2. The van der Waals surface area contributed by atoms with Gasteiger partial charge in [0, 0.05) is 46.9 Å². The Balaban J connectivity index is 1.25. The SMILES string of the molecule is COc1c(C)cc(C)c(OC)c1-c1cnn(-c2cccc(Oc3ccc4c5ccccc5n(-c5cc(F)ccn5)c4c3)c2)c1. The van der Waals surface area contributed by atoms with Gasteiger partial charge in [0.15, 0.2) is 0 Å². The van der Waals surface area contributed by atoms with Crippen LogP contribution in [0.5, 0.6) is 23.0 Å². The normalized spacial score (nSPS) is 11.3. The molecule has 7 aromatic rings. The monoisotopic (exact) mass is 584 g/mol. The zero-order chi connectivity index (χ0) is 30.4. The number of hydrogen-bond acceptors (Lipinski definition) is 5. The zero-order valence-corrected chi connectivity index (χ0v) is 24.7. The molecule has 0 radical (unpaired) electrons. The summed E-state index contributed by atoms with van der Waals surface area (Å²) in [6, 6.07) is 26.5. The van der Waals surface area contributed by atoms with Gasteiger partial charge < -0.3 is 14.2 Å². The van der Waals surface area contributed by atoms with Crippen LogP contribution in [0.25, 0.3) is 44.4 Å². The summed E-state index contributed by atoms with van der Waals surface area (Å²) in [6.07, 6.45) is 5.24. The van der Waals surface area contributed by atoms with Crippen LogP contribution in [-0.4, -0.2) is 33.6 Å². The summed E-state index contributed by atoms with van der Waals surface area (Å²) in [4.78, 5) is 4.45. The maximum Gasteiger partial charge on any atom is 0.140 e. The van der Waals surface area contributed by atoms with Crippen molar-refractivity contribution in [3.05, 3.63) is 120 Å². The van der Waals surface area contributed by atoms with Gasteiger partial charge in [0.25, 0.3) is 0 Å². The number of ether oxygens (including phenoxy) is 3. The fraction of sp³-hybridized carbons (Fsp3) is 0.111. The highest BCUT2D eigenvalue weighted by atomic mass is 19.1. The average molecular weight is 585 g/mol. The van der Waals surface area contributed by atoms with Crippen LogP contribution in [0.4, 0.5) is 4.39 Å². The molecule has 4 aromatic carbocycles. The highest BCUT2D eigenvalue weighted by Gasteiger charge is 2.20. The first-order valence-electron chi connectivity index (χ1n) is 14.2. The molecule has 0 amide bonds. The van der Waals surface area contributed by atoms with E-state index in [-0.39, 0.29) is 5.82 Å². The number of nitrogens with zero attached hydrogens (tertiary/aromatic N) is 4. The number of para-hydroxylation sites is 1. The third kappa shape index (κ3) is 4.61. The molecule has 0 bridgehead atoms. The predicted octanol–water partition coefficient (Wildman–Crippen LogP) is 8.60. The van der Waals surface area contributed by atoms with E-state index in [1.165, 1.54) is 18.3 Å². The van der Waals surface area contributed by atoms with Crippen molar-refractivity contribution < 1.29 is 18.6 Å². The van der Waals surface area contributed by atoms with Gasteiger partial charge in [-0.1, -0.05) is 24.3 Å². The Morgan fingerprint density at radius 3 is 2.25 bits per heavy atom. The summed E-state index contributed by atoms with van der Waals surface area (Å²) in [7, 11) is 3.33. The van der Waals surface area contributed by atoms with Crippen LogP contribution in [0, 0.1) is 19.7 Å². The van der Waals surface area contributed by atoms with Crippen molar-refractivity contribution in [1.29, 1.82) is 0 Å². The lowest BCUT2D eigenvalue weighted by Crippen LogP contribution is -1.98. The number of fused-ring (bicyclic) bond motifs is 3. The number of hydrogen-bond donors (Lipinski definition) is 0. The standard InChI is InChI=1S/C36H29FN4O3/c1-22-16-23(2)36(43-4)34(35(22)42-3)24-20-39-40(21-24)26-8-7-9-27(18-26)44-28-12-13-30-29-10-5-6-11-31(29)41(32(30)19-28)33-17-25(37)14-15-38-33/h5-21H,1-4H3. The smallest absolute Gasteiger partial charge is 0.140 e. The van der Waals surface area contributed by atoms with Crippen LogP contribution in [0.2, 0.25) is 0 Å². The number of aromatic nitrogens is 4. The molecule has 0 saturated heterocycles. The number of rotatable bonds is 7. The lowest BCUT2D eigenvalue weighted by molar-refractivity contribution is 0.393. The van der Waals surface area contributed by atoms with Crippen molar-refractivity contribution in [2.24, 2.45) is 0 Å². The molecule has 0 saturated carbocycles. The largest absolute Gasteiger partial charge is 0.496 e. The molecule has 0 atom stereocenters. The van der Waals surface area contributed by atoms with Gasteiger partial charge in [-0.15, -0.1) is 0 Å². The summed E-state index contributed by atoms with van der Waals surface area (Å²) < 4.78 is 35.9. The number of benzene rings is 4. The van der Waals surface area contributed by atoms with E-state index in [0.717, 1.165) is 61.2 Å². The lowest BCUT2D eigenvalue weighted by atomic mass is 9.99.